The van der Waals surface area contributed by atoms with Crippen molar-refractivity contribution in [3.05, 3.63) is 90.5 Å². The fraction of sp³-hybridized carbons (Fsp3) is 0.192. The van der Waals surface area contributed by atoms with Gasteiger partial charge in [-0.3, -0.25) is 9.59 Å². The van der Waals surface area contributed by atoms with Crippen LogP contribution < -0.4 is 15.9 Å². The van der Waals surface area contributed by atoms with Crippen molar-refractivity contribution < 1.29 is 31.2 Å². The number of amides is 2. The summed E-state index contributed by atoms with van der Waals surface area (Å²) in [5.74, 6) is -1.01. The Labute approximate surface area is 232 Å². The summed E-state index contributed by atoms with van der Waals surface area (Å²) in [6, 6.07) is 20.3. The van der Waals surface area contributed by atoms with E-state index in [1.165, 1.54) is 30.5 Å². The van der Waals surface area contributed by atoms with Gasteiger partial charge in [0.25, 0.3) is 11.8 Å². The number of piperazine rings is 1. The van der Waals surface area contributed by atoms with Crippen LogP contribution in [0.4, 0.5) is 0 Å². The van der Waals surface area contributed by atoms with Crippen LogP contribution in [0.5, 0.6) is 5.75 Å². The van der Waals surface area contributed by atoms with E-state index in [4.69, 9.17) is 10.5 Å². The Morgan fingerprint density at radius 1 is 0.875 bits per heavy atom. The van der Waals surface area contributed by atoms with Gasteiger partial charge < -0.3 is 10.5 Å². The quantitative estimate of drug-likeness (QED) is 0.262. The number of hydrazone groups is 1. The molecule has 1 saturated heterocycles. The maximum atomic E-state index is 13.4. The SMILES string of the molecule is NC(=O)COc1ccc(/C=N\NC(=O)[C@@H]2CN(S(=O)(=O)c3ccccc3)CCN2S(=O)(=O)c2ccccc2)cc1. The average molecular weight is 586 g/mol. The highest BCUT2D eigenvalue weighted by Gasteiger charge is 2.43. The lowest BCUT2D eigenvalue weighted by Gasteiger charge is -2.38. The van der Waals surface area contributed by atoms with Gasteiger partial charge in [-0.2, -0.15) is 13.7 Å². The van der Waals surface area contributed by atoms with Gasteiger partial charge in [0, 0.05) is 19.6 Å². The van der Waals surface area contributed by atoms with E-state index in [0.717, 1.165) is 8.61 Å². The van der Waals surface area contributed by atoms with Gasteiger partial charge in [-0.15, -0.1) is 0 Å². The zero-order valence-corrected chi connectivity index (χ0v) is 22.8. The molecule has 12 nitrogen and oxygen atoms in total. The zero-order valence-electron chi connectivity index (χ0n) is 21.2. The molecule has 2 amide bonds. The van der Waals surface area contributed by atoms with E-state index in [2.05, 4.69) is 10.5 Å². The minimum Gasteiger partial charge on any atom is -0.484 e. The van der Waals surface area contributed by atoms with Gasteiger partial charge in [-0.1, -0.05) is 36.4 Å². The predicted molar refractivity (Wildman–Crippen MR) is 146 cm³/mol. The molecule has 0 radical (unpaired) electrons. The molecule has 0 aromatic heterocycles. The molecule has 0 unspecified atom stereocenters. The number of carbonyl (C=O) groups is 2. The molecule has 0 saturated carbocycles. The van der Waals surface area contributed by atoms with Crippen LogP contribution in [0, 0.1) is 0 Å². The summed E-state index contributed by atoms with van der Waals surface area (Å²) in [6.45, 7) is -1.06. The van der Waals surface area contributed by atoms with E-state index < -0.39 is 44.4 Å². The van der Waals surface area contributed by atoms with Crippen LogP contribution in [0.2, 0.25) is 0 Å². The third-order valence-electron chi connectivity index (χ3n) is 5.98. The maximum Gasteiger partial charge on any atom is 0.259 e. The second-order valence-corrected chi connectivity index (χ2v) is 12.5. The molecule has 3 aromatic rings. The molecule has 1 heterocycles. The maximum absolute atomic E-state index is 13.4. The third-order valence-corrected chi connectivity index (χ3v) is 9.78. The van der Waals surface area contributed by atoms with Crippen molar-refractivity contribution in [2.75, 3.05) is 26.2 Å². The van der Waals surface area contributed by atoms with Gasteiger partial charge in [0.1, 0.15) is 11.8 Å². The summed E-state index contributed by atoms with van der Waals surface area (Å²) in [7, 11) is -8.12. The smallest absolute Gasteiger partial charge is 0.259 e. The van der Waals surface area contributed by atoms with Crippen LogP contribution >= 0.6 is 0 Å². The summed E-state index contributed by atoms with van der Waals surface area (Å²) in [4.78, 5) is 24.1. The molecule has 14 heteroatoms. The number of sulfonamides is 2. The molecule has 210 valence electrons. The Balaban J connectivity index is 1.55. The lowest BCUT2D eigenvalue weighted by molar-refractivity contribution is -0.125. The van der Waals surface area contributed by atoms with Gasteiger partial charge in [0.05, 0.1) is 16.0 Å². The molecule has 3 N–H and O–H groups in total. The second kappa shape index (κ2) is 12.4. The van der Waals surface area contributed by atoms with E-state index in [0.29, 0.717) is 11.3 Å². The number of ether oxygens (including phenoxy) is 1. The number of primary amides is 1. The van der Waals surface area contributed by atoms with E-state index in [9.17, 15) is 26.4 Å². The molecular weight excluding hydrogens is 558 g/mol. The first-order valence-corrected chi connectivity index (χ1v) is 14.9. The Morgan fingerprint density at radius 3 is 2.02 bits per heavy atom. The highest BCUT2D eigenvalue weighted by molar-refractivity contribution is 7.89. The molecule has 1 aliphatic rings. The van der Waals surface area contributed by atoms with Crippen LogP contribution in [-0.4, -0.2) is 75.8 Å². The molecule has 40 heavy (non-hydrogen) atoms. The Hall–Kier alpha value is -4.11. The Kier molecular flexibility index (Phi) is 8.94. The molecular formula is C26H27N5O7S2. The number of hydrogen-bond donors (Lipinski definition) is 2. The molecule has 3 aromatic carbocycles. The summed E-state index contributed by atoms with van der Waals surface area (Å²) in [5.41, 5.74) is 7.95. The lowest BCUT2D eigenvalue weighted by Crippen LogP contribution is -2.60. The van der Waals surface area contributed by atoms with Crippen molar-refractivity contribution in [1.29, 1.82) is 0 Å². The summed E-state index contributed by atoms with van der Waals surface area (Å²) >= 11 is 0. The summed E-state index contributed by atoms with van der Waals surface area (Å²) in [6.07, 6.45) is 1.33. The third kappa shape index (κ3) is 6.71. The van der Waals surface area contributed by atoms with E-state index in [1.807, 2.05) is 0 Å². The van der Waals surface area contributed by atoms with Crippen molar-refractivity contribution in [1.82, 2.24) is 14.0 Å². The van der Waals surface area contributed by atoms with E-state index in [1.54, 1.807) is 60.7 Å². The van der Waals surface area contributed by atoms with Crippen LogP contribution in [-0.2, 0) is 29.6 Å². The van der Waals surface area contributed by atoms with Crippen molar-refractivity contribution in [2.24, 2.45) is 10.8 Å². The Bertz CT molecular complexity index is 1580. The van der Waals surface area contributed by atoms with Crippen LogP contribution in [0.3, 0.4) is 0 Å². The normalized spacial score (nSPS) is 16.9. The van der Waals surface area contributed by atoms with Crippen molar-refractivity contribution in [3.8, 4) is 5.75 Å². The average Bonchev–Trinajstić information content (AvgIpc) is 2.97. The number of hydrogen-bond acceptors (Lipinski definition) is 8. The zero-order chi connectivity index (χ0) is 28.8. The first-order valence-electron chi connectivity index (χ1n) is 12.1. The second-order valence-electron chi connectivity index (χ2n) is 8.68. The van der Waals surface area contributed by atoms with E-state index >= 15 is 0 Å². The number of nitrogens with zero attached hydrogens (tertiary/aromatic N) is 3. The van der Waals surface area contributed by atoms with Crippen molar-refractivity contribution in [3.63, 3.8) is 0 Å². The number of carbonyl (C=O) groups excluding carboxylic acids is 2. The topological polar surface area (TPSA) is 169 Å². The lowest BCUT2D eigenvalue weighted by atomic mass is 10.2. The van der Waals surface area contributed by atoms with E-state index in [-0.39, 0.29) is 29.5 Å². The van der Waals surface area contributed by atoms with Gasteiger partial charge >= 0.3 is 0 Å². The number of nitrogens with one attached hydrogen (secondary N) is 1. The highest BCUT2D eigenvalue weighted by atomic mass is 32.2. The molecule has 0 spiro atoms. The standard InChI is InChI=1S/C26H27N5O7S2/c27-25(32)19-38-21-13-11-20(12-14-21)17-28-29-26(33)24-18-30(39(34,35)22-7-3-1-4-8-22)15-16-31(24)40(36,37)23-9-5-2-6-10-23/h1-14,17,24H,15-16,18-19H2,(H2,27,32)(H,29,33)/b28-17-/t24-/m0/s1. The van der Waals surface area contributed by atoms with Crippen molar-refractivity contribution in [2.45, 2.75) is 15.8 Å². The van der Waals surface area contributed by atoms with Crippen molar-refractivity contribution >= 4 is 38.1 Å². The van der Waals surface area contributed by atoms with Crippen LogP contribution in [0.15, 0.2) is 99.8 Å². The molecule has 4 rings (SSSR count). The molecule has 1 fully saturated rings. The molecule has 1 aliphatic heterocycles. The fourth-order valence-corrected chi connectivity index (χ4v) is 7.03. The highest BCUT2D eigenvalue weighted by Crippen LogP contribution is 2.25. The van der Waals surface area contributed by atoms with Crippen LogP contribution in [0.1, 0.15) is 5.56 Å². The van der Waals surface area contributed by atoms with Gasteiger partial charge in [-0.05, 0) is 54.1 Å². The number of nitrogens with two attached hydrogens (primary N) is 1. The first-order chi connectivity index (χ1) is 19.1. The fourth-order valence-electron chi connectivity index (χ4n) is 3.98. The minimum absolute atomic E-state index is 0.0192. The summed E-state index contributed by atoms with van der Waals surface area (Å²) < 4.78 is 60.7. The van der Waals surface area contributed by atoms with Gasteiger partial charge in [0.15, 0.2) is 6.61 Å². The Morgan fingerprint density at radius 2 is 1.45 bits per heavy atom. The number of rotatable bonds is 10. The first kappa shape index (κ1) is 28.9. The molecule has 0 aliphatic carbocycles. The van der Waals surface area contributed by atoms with Gasteiger partial charge in [0.2, 0.25) is 20.0 Å². The van der Waals surface area contributed by atoms with Crippen LogP contribution in [0.25, 0.3) is 0 Å². The summed E-state index contributed by atoms with van der Waals surface area (Å²) in [5, 5.41) is 3.93. The monoisotopic (exact) mass is 585 g/mol. The molecule has 0 bridgehead atoms. The largest absolute Gasteiger partial charge is 0.484 e. The van der Waals surface area contributed by atoms with Gasteiger partial charge in [-0.25, -0.2) is 22.3 Å². The molecule has 1 atom stereocenters. The minimum atomic E-state index is -4.13. The predicted octanol–water partition coefficient (Wildman–Crippen LogP) is 0.765. The number of benzene rings is 3.